The highest BCUT2D eigenvalue weighted by Crippen LogP contribution is 2.17. The molecule has 0 amide bonds. The molecule has 126 valence electrons. The van der Waals surface area contributed by atoms with Crippen molar-refractivity contribution in [2.24, 2.45) is 0 Å². The Hall–Kier alpha value is -1.86. The Kier molecular flexibility index (Phi) is 5.43. The SMILES string of the molecule is CCOc1ccc(S(=O)(=O)NCc2c(C)nn(CC)c2C)cc1. The normalized spacial score (nSPS) is 11.7. The summed E-state index contributed by atoms with van der Waals surface area (Å²) in [5.41, 5.74) is 2.75. The first-order valence-electron chi connectivity index (χ1n) is 7.64. The van der Waals surface area contributed by atoms with Crippen LogP contribution >= 0.6 is 0 Å². The zero-order valence-electron chi connectivity index (χ0n) is 14.0. The van der Waals surface area contributed by atoms with E-state index in [9.17, 15) is 8.42 Å². The smallest absolute Gasteiger partial charge is 0.240 e. The minimum atomic E-state index is -3.56. The van der Waals surface area contributed by atoms with Gasteiger partial charge in [-0.3, -0.25) is 4.68 Å². The maximum atomic E-state index is 12.4. The van der Waals surface area contributed by atoms with Crippen LogP contribution in [0, 0.1) is 13.8 Å². The Balaban J connectivity index is 2.14. The van der Waals surface area contributed by atoms with E-state index in [4.69, 9.17) is 4.74 Å². The molecule has 1 N–H and O–H groups in total. The maximum absolute atomic E-state index is 12.4. The van der Waals surface area contributed by atoms with Gasteiger partial charge in [0.2, 0.25) is 10.0 Å². The Labute approximate surface area is 137 Å². The van der Waals surface area contributed by atoms with Crippen molar-refractivity contribution in [2.45, 2.75) is 45.7 Å². The van der Waals surface area contributed by atoms with Gasteiger partial charge in [-0.25, -0.2) is 13.1 Å². The molecule has 23 heavy (non-hydrogen) atoms. The van der Waals surface area contributed by atoms with Gasteiger partial charge in [0.25, 0.3) is 0 Å². The lowest BCUT2D eigenvalue weighted by Crippen LogP contribution is -2.23. The van der Waals surface area contributed by atoms with E-state index >= 15 is 0 Å². The zero-order valence-corrected chi connectivity index (χ0v) is 14.8. The molecule has 0 unspecified atom stereocenters. The van der Waals surface area contributed by atoms with Gasteiger partial charge in [0.15, 0.2) is 0 Å². The molecule has 6 nitrogen and oxygen atoms in total. The summed E-state index contributed by atoms with van der Waals surface area (Å²) in [5.74, 6) is 0.655. The first kappa shape index (κ1) is 17.5. The van der Waals surface area contributed by atoms with Crippen molar-refractivity contribution in [1.82, 2.24) is 14.5 Å². The monoisotopic (exact) mass is 337 g/mol. The summed E-state index contributed by atoms with van der Waals surface area (Å²) in [7, 11) is -3.56. The molecule has 1 heterocycles. The lowest BCUT2D eigenvalue weighted by Gasteiger charge is -2.09. The van der Waals surface area contributed by atoms with Crippen LogP contribution in [0.3, 0.4) is 0 Å². The molecule has 0 bridgehead atoms. The lowest BCUT2D eigenvalue weighted by atomic mass is 10.2. The van der Waals surface area contributed by atoms with E-state index in [1.165, 1.54) is 0 Å². The standard InChI is InChI=1S/C16H23N3O3S/c1-5-19-13(4)16(12(3)18-19)11-17-23(20,21)15-9-7-14(8-10-15)22-6-2/h7-10,17H,5-6,11H2,1-4H3. The predicted molar refractivity (Wildman–Crippen MR) is 89.0 cm³/mol. The molecule has 0 atom stereocenters. The van der Waals surface area contributed by atoms with Crippen molar-refractivity contribution in [3.8, 4) is 5.75 Å². The third-order valence-corrected chi connectivity index (χ3v) is 5.13. The Morgan fingerprint density at radius 2 is 1.83 bits per heavy atom. The molecular weight excluding hydrogens is 314 g/mol. The highest BCUT2D eigenvalue weighted by Gasteiger charge is 2.17. The highest BCUT2D eigenvalue weighted by molar-refractivity contribution is 7.89. The van der Waals surface area contributed by atoms with Crippen molar-refractivity contribution in [1.29, 1.82) is 0 Å². The number of ether oxygens (including phenoxy) is 1. The third-order valence-electron chi connectivity index (χ3n) is 3.71. The minimum absolute atomic E-state index is 0.221. The summed E-state index contributed by atoms with van der Waals surface area (Å²) in [4.78, 5) is 0.221. The van der Waals surface area contributed by atoms with Gasteiger partial charge in [-0.2, -0.15) is 5.10 Å². The highest BCUT2D eigenvalue weighted by atomic mass is 32.2. The summed E-state index contributed by atoms with van der Waals surface area (Å²) >= 11 is 0. The molecule has 0 aliphatic rings. The van der Waals surface area contributed by atoms with Gasteiger partial charge < -0.3 is 4.74 Å². The summed E-state index contributed by atoms with van der Waals surface area (Å²) in [5, 5.41) is 4.40. The minimum Gasteiger partial charge on any atom is -0.494 e. The molecule has 0 radical (unpaired) electrons. The maximum Gasteiger partial charge on any atom is 0.240 e. The number of benzene rings is 1. The fourth-order valence-corrected chi connectivity index (χ4v) is 3.43. The Morgan fingerprint density at radius 3 is 2.35 bits per heavy atom. The number of nitrogens with zero attached hydrogens (tertiary/aromatic N) is 2. The van der Waals surface area contributed by atoms with E-state index in [0.29, 0.717) is 12.4 Å². The first-order valence-corrected chi connectivity index (χ1v) is 9.12. The first-order chi connectivity index (χ1) is 10.9. The van der Waals surface area contributed by atoms with Crippen LogP contribution in [0.2, 0.25) is 0 Å². The van der Waals surface area contributed by atoms with Crippen LogP contribution in [0.15, 0.2) is 29.2 Å². The second kappa shape index (κ2) is 7.14. The fourth-order valence-electron chi connectivity index (χ4n) is 2.43. The quantitative estimate of drug-likeness (QED) is 0.842. The molecule has 7 heteroatoms. The molecule has 0 saturated carbocycles. The molecule has 0 saturated heterocycles. The number of sulfonamides is 1. The van der Waals surface area contributed by atoms with Crippen LogP contribution in [0.25, 0.3) is 0 Å². The van der Waals surface area contributed by atoms with Crippen molar-refractivity contribution in [3.63, 3.8) is 0 Å². The largest absolute Gasteiger partial charge is 0.494 e. The second-order valence-corrected chi connectivity index (χ2v) is 6.96. The van der Waals surface area contributed by atoms with Crippen LogP contribution in [-0.2, 0) is 23.1 Å². The summed E-state index contributed by atoms with van der Waals surface area (Å²) < 4.78 is 34.6. The van der Waals surface area contributed by atoms with Gasteiger partial charge in [0.05, 0.1) is 17.2 Å². The molecule has 1 aromatic heterocycles. The van der Waals surface area contributed by atoms with Crippen molar-refractivity contribution >= 4 is 10.0 Å². The molecule has 0 aliphatic carbocycles. The number of hydrogen-bond donors (Lipinski definition) is 1. The van der Waals surface area contributed by atoms with Gasteiger partial charge in [0, 0.05) is 24.3 Å². The molecule has 0 spiro atoms. The summed E-state index contributed by atoms with van der Waals surface area (Å²) in [6, 6.07) is 6.40. The summed E-state index contributed by atoms with van der Waals surface area (Å²) in [6.07, 6.45) is 0. The topological polar surface area (TPSA) is 73.2 Å². The average Bonchev–Trinajstić information content (AvgIpc) is 2.80. The van der Waals surface area contributed by atoms with E-state index in [1.54, 1.807) is 24.3 Å². The third kappa shape index (κ3) is 3.92. The molecule has 2 rings (SSSR count). The van der Waals surface area contributed by atoms with E-state index in [2.05, 4.69) is 9.82 Å². The number of hydrogen-bond acceptors (Lipinski definition) is 4. The number of aryl methyl sites for hydroxylation is 2. The average molecular weight is 337 g/mol. The zero-order chi connectivity index (χ0) is 17.0. The molecule has 1 aromatic carbocycles. The van der Waals surface area contributed by atoms with Crippen LogP contribution in [0.5, 0.6) is 5.75 Å². The van der Waals surface area contributed by atoms with Crippen LogP contribution in [0.4, 0.5) is 0 Å². The second-order valence-electron chi connectivity index (χ2n) is 5.19. The number of nitrogens with one attached hydrogen (secondary N) is 1. The lowest BCUT2D eigenvalue weighted by molar-refractivity contribution is 0.340. The van der Waals surface area contributed by atoms with Gasteiger partial charge in [-0.1, -0.05) is 0 Å². The van der Waals surface area contributed by atoms with E-state index in [0.717, 1.165) is 23.5 Å². The van der Waals surface area contributed by atoms with Crippen LogP contribution < -0.4 is 9.46 Å². The van der Waals surface area contributed by atoms with E-state index < -0.39 is 10.0 Å². The Bertz CT molecular complexity index is 765. The van der Waals surface area contributed by atoms with Gasteiger partial charge >= 0.3 is 0 Å². The molecular formula is C16H23N3O3S. The van der Waals surface area contributed by atoms with Crippen molar-refractivity contribution < 1.29 is 13.2 Å². The van der Waals surface area contributed by atoms with Crippen LogP contribution in [-0.4, -0.2) is 24.8 Å². The van der Waals surface area contributed by atoms with E-state index in [1.807, 2.05) is 32.4 Å². The number of rotatable bonds is 7. The van der Waals surface area contributed by atoms with Gasteiger partial charge in [-0.15, -0.1) is 0 Å². The summed E-state index contributed by atoms with van der Waals surface area (Å²) in [6.45, 7) is 9.26. The molecule has 0 aliphatic heterocycles. The van der Waals surface area contributed by atoms with Gasteiger partial charge in [-0.05, 0) is 52.0 Å². The van der Waals surface area contributed by atoms with Crippen molar-refractivity contribution in [3.05, 3.63) is 41.2 Å². The predicted octanol–water partition coefficient (Wildman–Crippen LogP) is 2.40. The van der Waals surface area contributed by atoms with Crippen molar-refractivity contribution in [2.75, 3.05) is 6.61 Å². The molecule has 0 fully saturated rings. The number of aromatic nitrogens is 2. The Morgan fingerprint density at radius 1 is 1.17 bits per heavy atom. The van der Waals surface area contributed by atoms with Gasteiger partial charge in [0.1, 0.15) is 5.75 Å². The molecule has 2 aromatic rings. The van der Waals surface area contributed by atoms with Crippen LogP contribution in [0.1, 0.15) is 30.8 Å². The van der Waals surface area contributed by atoms with E-state index in [-0.39, 0.29) is 11.4 Å². The fraction of sp³-hybridized carbons (Fsp3) is 0.438.